The van der Waals surface area contributed by atoms with E-state index in [1.54, 1.807) is 0 Å². The van der Waals surface area contributed by atoms with Crippen molar-refractivity contribution < 1.29 is 9.53 Å². The Morgan fingerprint density at radius 2 is 1.92 bits per heavy atom. The number of anilines is 1. The van der Waals surface area contributed by atoms with Gasteiger partial charge in [0.1, 0.15) is 6.10 Å². The highest BCUT2D eigenvalue weighted by atomic mass is 35.5. The molecular weight excluding hydrogens is 359 g/mol. The Bertz CT molecular complexity index is 724. The van der Waals surface area contributed by atoms with Crippen LogP contribution in [0, 0.1) is 0 Å². The first-order valence-electron chi connectivity index (χ1n) is 8.12. The van der Waals surface area contributed by atoms with Crippen LogP contribution >= 0.6 is 24.0 Å². The first-order valence-corrected chi connectivity index (χ1v) is 8.50. The molecule has 4 nitrogen and oxygen atoms in total. The van der Waals surface area contributed by atoms with Crippen LogP contribution in [0.15, 0.2) is 48.5 Å². The summed E-state index contributed by atoms with van der Waals surface area (Å²) in [7, 11) is 0. The fraction of sp³-hybridized carbons (Fsp3) is 0.316. The van der Waals surface area contributed by atoms with E-state index in [1.807, 2.05) is 53.4 Å². The van der Waals surface area contributed by atoms with Crippen molar-refractivity contribution >= 4 is 35.6 Å². The second-order valence-corrected chi connectivity index (χ2v) is 6.33. The molecule has 0 saturated carbocycles. The summed E-state index contributed by atoms with van der Waals surface area (Å²) < 4.78 is 5.81. The molecule has 1 unspecified atom stereocenters. The predicted octanol–water partition coefficient (Wildman–Crippen LogP) is 3.88. The molecule has 2 N–H and O–H groups in total. The number of nitrogen functional groups attached to an aromatic ring is 1. The number of amides is 1. The van der Waals surface area contributed by atoms with Gasteiger partial charge < -0.3 is 15.4 Å². The molecule has 1 aliphatic heterocycles. The van der Waals surface area contributed by atoms with Gasteiger partial charge in [-0.25, -0.2) is 0 Å². The Hall–Kier alpha value is -1.75. The summed E-state index contributed by atoms with van der Waals surface area (Å²) in [5.74, 6) is 0.124. The summed E-state index contributed by atoms with van der Waals surface area (Å²) in [4.78, 5) is 14.4. The number of carbonyl (C=O) groups is 1. The van der Waals surface area contributed by atoms with Crippen LogP contribution in [0.3, 0.4) is 0 Å². The largest absolute Gasteiger partial charge is 0.399 e. The van der Waals surface area contributed by atoms with E-state index < -0.39 is 0 Å². The molecule has 1 saturated heterocycles. The van der Waals surface area contributed by atoms with E-state index in [1.165, 1.54) is 0 Å². The quantitative estimate of drug-likeness (QED) is 0.818. The zero-order valence-corrected chi connectivity index (χ0v) is 15.4. The lowest BCUT2D eigenvalue weighted by Gasteiger charge is -2.33. The lowest BCUT2D eigenvalue weighted by atomic mass is 10.1. The highest BCUT2D eigenvalue weighted by Crippen LogP contribution is 2.28. The number of morpholine rings is 1. The van der Waals surface area contributed by atoms with E-state index in [9.17, 15) is 4.79 Å². The molecule has 1 amide bonds. The Morgan fingerprint density at radius 3 is 2.68 bits per heavy atom. The molecule has 6 heteroatoms. The van der Waals surface area contributed by atoms with E-state index >= 15 is 0 Å². The van der Waals surface area contributed by atoms with Gasteiger partial charge in [-0.3, -0.25) is 4.79 Å². The number of nitrogens with zero attached hydrogens (tertiary/aromatic N) is 1. The average Bonchev–Trinajstić information content (AvgIpc) is 2.61. The number of hydrogen-bond donors (Lipinski definition) is 1. The van der Waals surface area contributed by atoms with Crippen LogP contribution in [0.25, 0.3) is 0 Å². The fourth-order valence-electron chi connectivity index (χ4n) is 2.96. The Balaban J connectivity index is 0.00000225. The van der Waals surface area contributed by atoms with Crippen LogP contribution in [0.5, 0.6) is 0 Å². The summed E-state index contributed by atoms with van der Waals surface area (Å²) in [6.45, 7) is 1.67. The smallest absolute Gasteiger partial charge is 0.223 e. The van der Waals surface area contributed by atoms with Crippen molar-refractivity contribution in [3.8, 4) is 0 Å². The number of rotatable bonds is 4. The van der Waals surface area contributed by atoms with Crippen LogP contribution in [-0.2, 0) is 16.0 Å². The van der Waals surface area contributed by atoms with Crippen molar-refractivity contribution in [1.29, 1.82) is 0 Å². The van der Waals surface area contributed by atoms with Crippen molar-refractivity contribution in [1.82, 2.24) is 4.90 Å². The first-order chi connectivity index (χ1) is 11.6. The number of benzene rings is 2. The maximum absolute atomic E-state index is 12.5. The van der Waals surface area contributed by atoms with Gasteiger partial charge in [0, 0.05) is 29.2 Å². The number of ether oxygens (including phenoxy) is 1. The van der Waals surface area contributed by atoms with Crippen molar-refractivity contribution in [2.75, 3.05) is 25.4 Å². The Morgan fingerprint density at radius 1 is 1.20 bits per heavy atom. The average molecular weight is 381 g/mol. The molecule has 0 aromatic heterocycles. The Kier molecular flexibility index (Phi) is 7.12. The SMILES string of the molecule is Cl.Nc1ccccc1CCC(=O)N1CCOC(c2ccccc2Cl)C1. The van der Waals surface area contributed by atoms with Gasteiger partial charge in [0.25, 0.3) is 0 Å². The van der Waals surface area contributed by atoms with E-state index in [2.05, 4.69) is 0 Å². The normalized spacial score (nSPS) is 17.0. The van der Waals surface area contributed by atoms with Crippen LogP contribution in [0.1, 0.15) is 23.7 Å². The monoisotopic (exact) mass is 380 g/mol. The topological polar surface area (TPSA) is 55.6 Å². The predicted molar refractivity (Wildman–Crippen MR) is 103 cm³/mol. The standard InChI is InChI=1S/C19H21ClN2O2.ClH/c20-16-7-3-2-6-15(16)18-13-22(11-12-24-18)19(23)10-9-14-5-1-4-8-17(14)21;/h1-8,18H,9-13,21H2;1H. The lowest BCUT2D eigenvalue weighted by Crippen LogP contribution is -2.42. The van der Waals surface area contributed by atoms with Crippen LogP contribution < -0.4 is 5.73 Å². The number of para-hydroxylation sites is 1. The van der Waals surface area contributed by atoms with Crippen molar-refractivity contribution in [3.05, 3.63) is 64.7 Å². The molecule has 2 aromatic carbocycles. The molecule has 0 aliphatic carbocycles. The molecule has 0 spiro atoms. The number of carbonyl (C=O) groups excluding carboxylic acids is 1. The molecule has 134 valence electrons. The van der Waals surface area contributed by atoms with Gasteiger partial charge in [0.15, 0.2) is 0 Å². The van der Waals surface area contributed by atoms with Gasteiger partial charge in [-0.15, -0.1) is 12.4 Å². The highest BCUT2D eigenvalue weighted by molar-refractivity contribution is 6.31. The minimum atomic E-state index is -0.168. The minimum Gasteiger partial charge on any atom is -0.399 e. The fourth-order valence-corrected chi connectivity index (χ4v) is 3.22. The number of nitrogens with two attached hydrogens (primary N) is 1. The molecule has 25 heavy (non-hydrogen) atoms. The molecule has 3 rings (SSSR count). The van der Waals surface area contributed by atoms with Gasteiger partial charge in [-0.2, -0.15) is 0 Å². The van der Waals surface area contributed by atoms with Crippen LogP contribution in [-0.4, -0.2) is 30.5 Å². The molecule has 1 atom stereocenters. The molecule has 1 heterocycles. The molecule has 1 fully saturated rings. The van der Waals surface area contributed by atoms with Gasteiger partial charge in [0.05, 0.1) is 13.2 Å². The third-order valence-corrected chi connectivity index (χ3v) is 4.68. The van der Waals surface area contributed by atoms with Gasteiger partial charge in [0.2, 0.25) is 5.91 Å². The maximum Gasteiger partial charge on any atom is 0.223 e. The third-order valence-electron chi connectivity index (χ3n) is 4.33. The Labute approximate surface area is 159 Å². The van der Waals surface area contributed by atoms with Crippen LogP contribution in [0.4, 0.5) is 5.69 Å². The molecule has 0 radical (unpaired) electrons. The zero-order valence-electron chi connectivity index (χ0n) is 13.9. The highest BCUT2D eigenvalue weighted by Gasteiger charge is 2.26. The maximum atomic E-state index is 12.5. The second-order valence-electron chi connectivity index (χ2n) is 5.92. The molecular formula is C19H22Cl2N2O2. The van der Waals surface area contributed by atoms with Crippen molar-refractivity contribution in [3.63, 3.8) is 0 Å². The summed E-state index contributed by atoms with van der Waals surface area (Å²) in [6.07, 6.45) is 0.932. The zero-order chi connectivity index (χ0) is 16.9. The lowest BCUT2D eigenvalue weighted by molar-refractivity contribution is -0.139. The third kappa shape index (κ3) is 4.88. The molecule has 2 aromatic rings. The van der Waals surface area contributed by atoms with Crippen molar-refractivity contribution in [2.24, 2.45) is 0 Å². The van der Waals surface area contributed by atoms with E-state index in [-0.39, 0.29) is 24.4 Å². The summed E-state index contributed by atoms with van der Waals surface area (Å²) in [5, 5.41) is 0.675. The second kappa shape index (κ2) is 9.09. The van der Waals surface area contributed by atoms with Gasteiger partial charge >= 0.3 is 0 Å². The number of halogens is 2. The van der Waals surface area contributed by atoms with Crippen molar-refractivity contribution in [2.45, 2.75) is 18.9 Å². The number of aryl methyl sites for hydroxylation is 1. The van der Waals surface area contributed by atoms with Gasteiger partial charge in [-0.1, -0.05) is 48.0 Å². The summed E-state index contributed by atoms with van der Waals surface area (Å²) in [5.41, 5.74) is 8.63. The summed E-state index contributed by atoms with van der Waals surface area (Å²) >= 11 is 6.25. The summed E-state index contributed by atoms with van der Waals surface area (Å²) in [6, 6.07) is 15.3. The van der Waals surface area contributed by atoms with E-state index in [0.29, 0.717) is 37.6 Å². The van der Waals surface area contributed by atoms with E-state index in [4.69, 9.17) is 22.1 Å². The minimum absolute atomic E-state index is 0. The first kappa shape index (κ1) is 19.6. The van der Waals surface area contributed by atoms with E-state index in [0.717, 1.165) is 16.8 Å². The van der Waals surface area contributed by atoms with Gasteiger partial charge in [-0.05, 0) is 24.1 Å². The molecule has 1 aliphatic rings. The molecule has 0 bridgehead atoms. The number of hydrogen-bond acceptors (Lipinski definition) is 3. The van der Waals surface area contributed by atoms with Crippen LogP contribution in [0.2, 0.25) is 5.02 Å².